The Morgan fingerprint density at radius 3 is 1.51 bits per heavy atom. The average Bonchev–Trinajstić information content (AvgIpc) is 3.61. The first-order chi connectivity index (χ1) is 25.3. The number of nitrogens with zero attached hydrogens (tertiary/aromatic N) is 1. The van der Waals surface area contributed by atoms with E-state index in [2.05, 4.69) is 188 Å². The smallest absolute Gasteiger partial charge is 0.0788 e. The van der Waals surface area contributed by atoms with Crippen LogP contribution in [0.25, 0.3) is 97.6 Å². The molecular weight excluding hydrogens is 635 g/mol. The number of rotatable bonds is 5. The molecule has 0 radical (unpaired) electrons. The molecule has 0 aliphatic carbocycles. The lowest BCUT2D eigenvalue weighted by Crippen LogP contribution is -1.89. The second-order valence-electron chi connectivity index (χ2n) is 13.1. The first kappa shape index (κ1) is 29.6. The quantitative estimate of drug-likeness (QED) is 0.167. The Balaban J connectivity index is 1.13. The lowest BCUT2D eigenvalue weighted by Gasteiger charge is -2.12. The third-order valence-corrected chi connectivity index (χ3v) is 11.2. The molecule has 8 aromatic carbocycles. The van der Waals surface area contributed by atoms with Crippen molar-refractivity contribution in [3.8, 4) is 55.8 Å². The molecule has 238 valence electrons. The number of benzene rings is 8. The number of hydrogen-bond acceptors (Lipinski definition) is 2. The molecule has 10 aromatic rings. The summed E-state index contributed by atoms with van der Waals surface area (Å²) in [5.74, 6) is 0. The van der Waals surface area contributed by atoms with E-state index in [4.69, 9.17) is 4.98 Å². The van der Waals surface area contributed by atoms with E-state index in [0.29, 0.717) is 0 Å². The molecule has 0 saturated heterocycles. The summed E-state index contributed by atoms with van der Waals surface area (Å²) in [6.07, 6.45) is 0. The van der Waals surface area contributed by atoms with Gasteiger partial charge in [0.25, 0.3) is 0 Å². The van der Waals surface area contributed by atoms with Gasteiger partial charge in [0.05, 0.1) is 11.2 Å². The lowest BCUT2D eigenvalue weighted by atomic mass is 9.92. The molecule has 0 aliphatic rings. The Kier molecular flexibility index (Phi) is 7.07. The van der Waals surface area contributed by atoms with Crippen molar-refractivity contribution in [2.45, 2.75) is 0 Å². The molecule has 0 unspecified atom stereocenters. The zero-order chi connectivity index (χ0) is 33.7. The second-order valence-corrected chi connectivity index (χ2v) is 14.1. The van der Waals surface area contributed by atoms with Gasteiger partial charge in [0, 0.05) is 41.9 Å². The Labute approximate surface area is 300 Å². The van der Waals surface area contributed by atoms with Crippen LogP contribution >= 0.6 is 11.3 Å². The van der Waals surface area contributed by atoms with Crippen LogP contribution in [0.3, 0.4) is 0 Å². The standard InChI is InChI=1S/C49H31NS/c1-4-13-32(14-5-1)37-29-38(33-15-6-2-7-16-33)31-39(30-37)34-23-25-35(26-24-34)40-20-12-22-45-46(40)43-28-27-42-47(49(43)51-45)41-19-10-11-21-44(41)50-48(42)36-17-8-3-9-18-36/h1-31H. The Morgan fingerprint density at radius 1 is 0.333 bits per heavy atom. The van der Waals surface area contributed by atoms with E-state index in [-0.39, 0.29) is 0 Å². The van der Waals surface area contributed by atoms with Gasteiger partial charge in [0.15, 0.2) is 0 Å². The maximum absolute atomic E-state index is 5.18. The summed E-state index contributed by atoms with van der Waals surface area (Å²) in [4.78, 5) is 5.18. The monoisotopic (exact) mass is 665 g/mol. The van der Waals surface area contributed by atoms with E-state index >= 15 is 0 Å². The topological polar surface area (TPSA) is 12.9 Å². The van der Waals surface area contributed by atoms with Gasteiger partial charge in [-0.05, 0) is 74.8 Å². The Bertz CT molecular complexity index is 2810. The number of aromatic nitrogens is 1. The van der Waals surface area contributed by atoms with Crippen molar-refractivity contribution < 1.29 is 0 Å². The fourth-order valence-corrected chi connectivity index (χ4v) is 8.90. The van der Waals surface area contributed by atoms with E-state index in [0.717, 1.165) is 16.8 Å². The predicted octanol–water partition coefficient (Wildman–Crippen LogP) is 14.1. The van der Waals surface area contributed by atoms with E-state index in [9.17, 15) is 0 Å². The summed E-state index contributed by atoms with van der Waals surface area (Å²) in [6.45, 7) is 0. The molecule has 0 spiro atoms. The molecule has 0 aliphatic heterocycles. The SMILES string of the molecule is c1ccc(-c2cc(-c3ccccc3)cc(-c3ccc(-c4cccc5sc6c(ccc7c(-c8ccccc8)nc8ccccc8c76)c45)cc3)c2)cc1. The zero-order valence-electron chi connectivity index (χ0n) is 27.8. The van der Waals surface area contributed by atoms with Gasteiger partial charge < -0.3 is 0 Å². The minimum absolute atomic E-state index is 1.02. The van der Waals surface area contributed by atoms with E-state index in [1.54, 1.807) is 0 Å². The summed E-state index contributed by atoms with van der Waals surface area (Å²) < 4.78 is 2.61. The summed E-state index contributed by atoms with van der Waals surface area (Å²) in [7, 11) is 0. The highest BCUT2D eigenvalue weighted by atomic mass is 32.1. The molecule has 2 heteroatoms. The van der Waals surface area contributed by atoms with Gasteiger partial charge in [-0.3, -0.25) is 0 Å². The largest absolute Gasteiger partial charge is 0.247 e. The first-order valence-electron chi connectivity index (χ1n) is 17.4. The molecule has 0 bridgehead atoms. The number of fused-ring (bicyclic) bond motifs is 7. The Morgan fingerprint density at radius 2 is 0.863 bits per heavy atom. The summed E-state index contributed by atoms with van der Waals surface area (Å²) >= 11 is 1.89. The summed E-state index contributed by atoms with van der Waals surface area (Å²) in [6, 6.07) is 67.9. The van der Waals surface area contributed by atoms with Gasteiger partial charge in [-0.25, -0.2) is 4.98 Å². The predicted molar refractivity (Wildman–Crippen MR) is 219 cm³/mol. The van der Waals surface area contributed by atoms with Crippen molar-refractivity contribution in [1.29, 1.82) is 0 Å². The summed E-state index contributed by atoms with van der Waals surface area (Å²) in [5.41, 5.74) is 13.0. The highest BCUT2D eigenvalue weighted by Crippen LogP contribution is 2.46. The van der Waals surface area contributed by atoms with Crippen LogP contribution in [0.2, 0.25) is 0 Å². The van der Waals surface area contributed by atoms with Crippen molar-refractivity contribution in [2.75, 3.05) is 0 Å². The molecular formula is C49H31NS. The fraction of sp³-hybridized carbons (Fsp3) is 0. The number of hydrogen-bond donors (Lipinski definition) is 0. The van der Waals surface area contributed by atoms with Crippen LogP contribution in [-0.2, 0) is 0 Å². The molecule has 0 fully saturated rings. The third-order valence-electron chi connectivity index (χ3n) is 10.0. The third kappa shape index (κ3) is 5.12. The van der Waals surface area contributed by atoms with Crippen molar-refractivity contribution in [1.82, 2.24) is 4.98 Å². The minimum Gasteiger partial charge on any atom is -0.247 e. The van der Waals surface area contributed by atoms with Crippen LogP contribution < -0.4 is 0 Å². The molecule has 0 atom stereocenters. The van der Waals surface area contributed by atoms with E-state index in [1.807, 2.05) is 11.3 Å². The van der Waals surface area contributed by atoms with Crippen molar-refractivity contribution >= 4 is 53.2 Å². The van der Waals surface area contributed by atoms with Gasteiger partial charge >= 0.3 is 0 Å². The van der Waals surface area contributed by atoms with Crippen molar-refractivity contribution in [2.24, 2.45) is 0 Å². The normalized spacial score (nSPS) is 11.5. The molecule has 0 N–H and O–H groups in total. The molecule has 10 rings (SSSR count). The van der Waals surface area contributed by atoms with E-state index < -0.39 is 0 Å². The lowest BCUT2D eigenvalue weighted by molar-refractivity contribution is 1.43. The molecule has 1 nitrogen and oxygen atoms in total. The van der Waals surface area contributed by atoms with Gasteiger partial charge in [0.1, 0.15) is 0 Å². The van der Waals surface area contributed by atoms with Gasteiger partial charge in [-0.15, -0.1) is 11.3 Å². The number of para-hydroxylation sites is 1. The highest BCUT2D eigenvalue weighted by Gasteiger charge is 2.18. The Hall–Kier alpha value is -6.35. The van der Waals surface area contributed by atoms with E-state index in [1.165, 1.54) is 80.8 Å². The van der Waals surface area contributed by atoms with Gasteiger partial charge in [-0.1, -0.05) is 158 Å². The molecule has 51 heavy (non-hydrogen) atoms. The van der Waals surface area contributed by atoms with Crippen molar-refractivity contribution in [3.05, 3.63) is 188 Å². The maximum atomic E-state index is 5.18. The number of thiophene rings is 1. The minimum atomic E-state index is 1.02. The first-order valence-corrected chi connectivity index (χ1v) is 18.2. The molecule has 2 aromatic heterocycles. The highest BCUT2D eigenvalue weighted by molar-refractivity contribution is 7.27. The van der Waals surface area contributed by atoms with Gasteiger partial charge in [-0.2, -0.15) is 0 Å². The fourth-order valence-electron chi connectivity index (χ4n) is 7.61. The molecule has 2 heterocycles. The van der Waals surface area contributed by atoms with Crippen LogP contribution in [0, 0.1) is 0 Å². The second kappa shape index (κ2) is 12.2. The summed E-state index contributed by atoms with van der Waals surface area (Å²) in [5, 5.41) is 6.28. The molecule has 0 amide bonds. The van der Waals surface area contributed by atoms with Gasteiger partial charge in [0.2, 0.25) is 0 Å². The zero-order valence-corrected chi connectivity index (χ0v) is 28.6. The van der Waals surface area contributed by atoms with Crippen molar-refractivity contribution in [3.63, 3.8) is 0 Å². The van der Waals surface area contributed by atoms with Crippen LogP contribution in [0.15, 0.2) is 188 Å². The van der Waals surface area contributed by atoms with Crippen LogP contribution in [0.4, 0.5) is 0 Å². The average molecular weight is 666 g/mol. The number of pyridine rings is 1. The van der Waals surface area contributed by atoms with Crippen LogP contribution in [0.5, 0.6) is 0 Å². The maximum Gasteiger partial charge on any atom is 0.0788 e. The molecule has 0 saturated carbocycles. The van der Waals surface area contributed by atoms with Crippen LogP contribution in [0.1, 0.15) is 0 Å². The van der Waals surface area contributed by atoms with Crippen LogP contribution in [-0.4, -0.2) is 4.98 Å².